The zero-order chi connectivity index (χ0) is 15.5. The van der Waals surface area contributed by atoms with Crippen LogP contribution < -0.4 is 4.72 Å². The first-order chi connectivity index (χ1) is 11.4. The zero-order valence-corrected chi connectivity index (χ0v) is 15.2. The third-order valence-corrected chi connectivity index (χ3v) is 6.84. The van der Waals surface area contributed by atoms with Gasteiger partial charge >= 0.3 is 0 Å². The van der Waals surface area contributed by atoms with Crippen LogP contribution in [0.15, 0.2) is 62.3 Å². The number of aromatic nitrogens is 1. The summed E-state index contributed by atoms with van der Waals surface area (Å²) in [5, 5.41) is 4.07. The molecule has 8 heteroatoms. The van der Waals surface area contributed by atoms with Crippen molar-refractivity contribution in [3.63, 3.8) is 0 Å². The number of aliphatic imine (C=N–C) groups is 2. The first kappa shape index (κ1) is 15.3. The molecule has 1 N–H and O–H groups in total. The minimum atomic E-state index is 0.894. The third kappa shape index (κ3) is 3.21. The lowest BCUT2D eigenvalue weighted by atomic mass is 10.1. The predicted molar refractivity (Wildman–Crippen MR) is 106 cm³/mol. The second-order valence-corrected chi connectivity index (χ2v) is 8.40. The Morgan fingerprint density at radius 3 is 2.91 bits per heavy atom. The first-order valence-corrected chi connectivity index (χ1v) is 10.6. The molecule has 23 heavy (non-hydrogen) atoms. The van der Waals surface area contributed by atoms with E-state index in [1.165, 1.54) is 10.5 Å². The maximum absolute atomic E-state index is 4.57. The second-order valence-electron chi connectivity index (χ2n) is 4.59. The van der Waals surface area contributed by atoms with E-state index in [9.17, 15) is 0 Å². The van der Waals surface area contributed by atoms with Crippen molar-refractivity contribution in [2.75, 3.05) is 11.5 Å². The summed E-state index contributed by atoms with van der Waals surface area (Å²) < 4.78 is 3.31. The summed E-state index contributed by atoms with van der Waals surface area (Å²) in [7, 11) is 0. The molecule has 1 aromatic rings. The quantitative estimate of drug-likeness (QED) is 0.797. The van der Waals surface area contributed by atoms with Gasteiger partial charge in [-0.3, -0.25) is 4.99 Å². The predicted octanol–water partition coefficient (Wildman–Crippen LogP) is 4.31. The third-order valence-electron chi connectivity index (χ3n) is 3.19. The molecule has 0 aromatic carbocycles. The van der Waals surface area contributed by atoms with E-state index in [2.05, 4.69) is 25.8 Å². The highest BCUT2D eigenvalue weighted by Crippen LogP contribution is 2.44. The van der Waals surface area contributed by atoms with Crippen LogP contribution in [-0.4, -0.2) is 27.7 Å². The van der Waals surface area contributed by atoms with Gasteiger partial charge in [-0.2, -0.15) is 0 Å². The monoisotopic (exact) mass is 376 g/mol. The number of hydrogen-bond acceptors (Lipinski definition) is 8. The van der Waals surface area contributed by atoms with E-state index < -0.39 is 0 Å². The van der Waals surface area contributed by atoms with E-state index in [1.807, 2.05) is 36.4 Å². The average molecular weight is 377 g/mol. The molecule has 3 aliphatic rings. The summed E-state index contributed by atoms with van der Waals surface area (Å²) >= 11 is 6.82. The van der Waals surface area contributed by atoms with Gasteiger partial charge in [-0.05, 0) is 11.9 Å². The van der Waals surface area contributed by atoms with E-state index in [0.717, 1.165) is 32.0 Å². The summed E-state index contributed by atoms with van der Waals surface area (Å²) in [4.78, 5) is 15.7. The Morgan fingerprint density at radius 1 is 1.17 bits per heavy atom. The molecule has 0 saturated carbocycles. The molecule has 4 rings (SSSR count). The number of rotatable bonds is 3. The van der Waals surface area contributed by atoms with Crippen molar-refractivity contribution in [3.05, 3.63) is 57.3 Å². The highest BCUT2D eigenvalue weighted by Gasteiger charge is 2.27. The highest BCUT2D eigenvalue weighted by molar-refractivity contribution is 8.14. The highest BCUT2D eigenvalue weighted by atomic mass is 32.2. The van der Waals surface area contributed by atoms with Gasteiger partial charge in [0.2, 0.25) is 0 Å². The van der Waals surface area contributed by atoms with Gasteiger partial charge in [-0.1, -0.05) is 6.08 Å². The molecule has 0 saturated heterocycles. The SMILES string of the molecule is C1=CN=C(C2=CNSC(c3nccs3)=C2C2=CN=CCS2)SC1. The van der Waals surface area contributed by atoms with Crippen LogP contribution in [0.25, 0.3) is 4.91 Å². The fourth-order valence-corrected chi connectivity index (χ4v) is 5.53. The lowest BCUT2D eigenvalue weighted by Gasteiger charge is -2.24. The fourth-order valence-electron chi connectivity index (χ4n) is 2.23. The number of thioether (sulfide) groups is 2. The zero-order valence-electron chi connectivity index (χ0n) is 11.9. The fraction of sp³-hybridized carbons (Fsp3) is 0.133. The summed E-state index contributed by atoms with van der Waals surface area (Å²) in [5.41, 5.74) is 2.31. The lowest BCUT2D eigenvalue weighted by molar-refractivity contribution is 1.33. The molecule has 0 spiro atoms. The molecular formula is C15H12N4S4. The van der Waals surface area contributed by atoms with E-state index in [-0.39, 0.29) is 0 Å². The Kier molecular flexibility index (Phi) is 4.74. The van der Waals surface area contributed by atoms with Gasteiger partial charge in [-0.25, -0.2) is 9.98 Å². The Labute approximate surface area is 151 Å². The Bertz CT molecular complexity index is 784. The summed E-state index contributed by atoms with van der Waals surface area (Å²) in [5.74, 6) is 1.85. The Morgan fingerprint density at radius 2 is 2.17 bits per heavy atom. The molecule has 0 unspecified atom stereocenters. The van der Waals surface area contributed by atoms with Crippen LogP contribution in [-0.2, 0) is 0 Å². The van der Waals surface area contributed by atoms with Crippen molar-refractivity contribution in [1.82, 2.24) is 9.71 Å². The first-order valence-electron chi connectivity index (χ1n) is 6.91. The normalized spacial score (nSPS) is 20.8. The van der Waals surface area contributed by atoms with Crippen LogP contribution in [0.1, 0.15) is 5.01 Å². The Hall–Kier alpha value is -1.22. The smallest absolute Gasteiger partial charge is 0.132 e. The molecule has 0 atom stereocenters. The van der Waals surface area contributed by atoms with E-state index in [1.54, 1.807) is 46.8 Å². The minimum absolute atomic E-state index is 0.894. The lowest BCUT2D eigenvalue weighted by Crippen LogP contribution is -2.14. The van der Waals surface area contributed by atoms with Crippen molar-refractivity contribution in [2.45, 2.75) is 0 Å². The van der Waals surface area contributed by atoms with Gasteiger partial charge in [0.1, 0.15) is 10.1 Å². The number of hydrogen-bond donors (Lipinski definition) is 1. The van der Waals surface area contributed by atoms with Crippen LogP contribution >= 0.6 is 46.8 Å². The molecule has 0 aliphatic carbocycles. The molecule has 4 heterocycles. The van der Waals surface area contributed by atoms with Gasteiger partial charge in [0, 0.05) is 63.9 Å². The Balaban J connectivity index is 1.86. The molecule has 1 aromatic heterocycles. The van der Waals surface area contributed by atoms with Crippen molar-refractivity contribution in [1.29, 1.82) is 0 Å². The largest absolute Gasteiger partial charge is 0.332 e. The van der Waals surface area contributed by atoms with Gasteiger partial charge in [0.05, 0.1) is 4.91 Å². The molecule has 0 bridgehead atoms. The topological polar surface area (TPSA) is 49.6 Å². The standard InChI is InChI=1S/C15H12N4S4/c1-2-17-14(21-5-1)10-8-19-23-13(15-18-4-7-22-15)12(10)11-9-16-3-6-20-11/h1-4,7-9,19H,5-6H2. The molecule has 0 fully saturated rings. The van der Waals surface area contributed by atoms with Gasteiger partial charge < -0.3 is 4.72 Å². The number of thiazole rings is 1. The maximum atomic E-state index is 4.57. The molecule has 3 aliphatic heterocycles. The van der Waals surface area contributed by atoms with Crippen molar-refractivity contribution in [3.8, 4) is 0 Å². The van der Waals surface area contributed by atoms with Crippen molar-refractivity contribution >= 4 is 63.0 Å². The van der Waals surface area contributed by atoms with Crippen LogP contribution in [0.2, 0.25) is 0 Å². The average Bonchev–Trinajstić information content (AvgIpc) is 3.17. The number of nitrogens with zero attached hydrogens (tertiary/aromatic N) is 3. The molecule has 0 amide bonds. The van der Waals surface area contributed by atoms with E-state index in [0.29, 0.717) is 0 Å². The van der Waals surface area contributed by atoms with Gasteiger partial charge in [0.25, 0.3) is 0 Å². The molecule has 4 nitrogen and oxygen atoms in total. The van der Waals surface area contributed by atoms with Crippen LogP contribution in [0.3, 0.4) is 0 Å². The van der Waals surface area contributed by atoms with Crippen LogP contribution in [0.4, 0.5) is 0 Å². The summed E-state index contributed by atoms with van der Waals surface area (Å²) in [6.45, 7) is 0. The summed E-state index contributed by atoms with van der Waals surface area (Å²) in [6, 6.07) is 0. The molecule has 0 radical (unpaired) electrons. The van der Waals surface area contributed by atoms with Gasteiger partial charge in [-0.15, -0.1) is 34.9 Å². The van der Waals surface area contributed by atoms with Crippen molar-refractivity contribution in [2.24, 2.45) is 9.98 Å². The van der Waals surface area contributed by atoms with E-state index >= 15 is 0 Å². The van der Waals surface area contributed by atoms with Gasteiger partial charge in [0.15, 0.2) is 0 Å². The molecule has 116 valence electrons. The maximum Gasteiger partial charge on any atom is 0.132 e. The summed E-state index contributed by atoms with van der Waals surface area (Å²) in [6.07, 6.45) is 11.7. The second kappa shape index (κ2) is 7.12. The minimum Gasteiger partial charge on any atom is -0.332 e. The van der Waals surface area contributed by atoms with Crippen LogP contribution in [0, 0.1) is 0 Å². The number of allylic oxidation sites excluding steroid dienone is 1. The van der Waals surface area contributed by atoms with Crippen LogP contribution in [0.5, 0.6) is 0 Å². The van der Waals surface area contributed by atoms with Crippen molar-refractivity contribution < 1.29 is 0 Å². The number of nitrogens with one attached hydrogen (secondary N) is 1. The van der Waals surface area contributed by atoms with E-state index in [4.69, 9.17) is 0 Å². The molecular weight excluding hydrogens is 364 g/mol.